The quantitative estimate of drug-likeness (QED) is 0.639. The second kappa shape index (κ2) is 7.64. The molecule has 0 aliphatic carbocycles. The molecule has 2 aromatic heterocycles. The lowest BCUT2D eigenvalue weighted by atomic mass is 10.3. The van der Waals surface area contributed by atoms with Crippen LogP contribution in [0, 0.1) is 13.8 Å². The molecular formula is C17H17N5O5S. The first-order valence-corrected chi connectivity index (χ1v) is 9.51. The third kappa shape index (κ3) is 4.09. The second-order valence-corrected chi connectivity index (χ2v) is 7.43. The molecule has 10 nitrogen and oxygen atoms in total. The molecule has 0 atom stereocenters. The van der Waals surface area contributed by atoms with Crippen molar-refractivity contribution in [2.24, 2.45) is 0 Å². The topological polar surface area (TPSA) is 136 Å². The molecule has 2 N–H and O–H groups in total. The lowest BCUT2D eigenvalue weighted by molar-refractivity contribution is 0.102. The van der Waals surface area contributed by atoms with Gasteiger partial charge in [0, 0.05) is 17.3 Å². The molecule has 0 unspecified atom stereocenters. The Labute approximate surface area is 161 Å². The highest BCUT2D eigenvalue weighted by Crippen LogP contribution is 2.22. The monoisotopic (exact) mass is 403 g/mol. The SMILES string of the molecule is COc1cc(C(=O)Nc2ccc(S(=O)(=O)Nc3onc(C)c3C)cc2)ncn1. The molecule has 0 aliphatic rings. The summed E-state index contributed by atoms with van der Waals surface area (Å²) in [5, 5.41) is 6.33. The van der Waals surface area contributed by atoms with E-state index < -0.39 is 15.9 Å². The molecule has 3 aromatic rings. The number of benzene rings is 1. The van der Waals surface area contributed by atoms with Crippen molar-refractivity contribution >= 4 is 27.5 Å². The van der Waals surface area contributed by atoms with Crippen LogP contribution in [0.3, 0.4) is 0 Å². The number of methoxy groups -OCH3 is 1. The molecule has 2 heterocycles. The van der Waals surface area contributed by atoms with Crippen molar-refractivity contribution < 1.29 is 22.5 Å². The predicted molar refractivity (Wildman–Crippen MR) is 99.8 cm³/mol. The molecule has 28 heavy (non-hydrogen) atoms. The number of sulfonamides is 1. The average Bonchev–Trinajstić information content (AvgIpc) is 3.00. The maximum Gasteiger partial charge on any atom is 0.274 e. The van der Waals surface area contributed by atoms with Crippen LogP contribution < -0.4 is 14.8 Å². The largest absolute Gasteiger partial charge is 0.481 e. The molecule has 0 spiro atoms. The summed E-state index contributed by atoms with van der Waals surface area (Å²) in [4.78, 5) is 19.9. The molecule has 0 bridgehead atoms. The van der Waals surface area contributed by atoms with Crippen LogP contribution in [0.4, 0.5) is 11.6 Å². The van der Waals surface area contributed by atoms with Gasteiger partial charge in [-0.25, -0.2) is 23.1 Å². The minimum Gasteiger partial charge on any atom is -0.481 e. The van der Waals surface area contributed by atoms with E-state index in [1.807, 2.05) is 0 Å². The van der Waals surface area contributed by atoms with Crippen LogP contribution >= 0.6 is 0 Å². The zero-order valence-corrected chi connectivity index (χ0v) is 16.1. The minimum absolute atomic E-state index is 0.00246. The molecule has 0 radical (unpaired) electrons. The molecule has 0 aliphatic heterocycles. The third-order valence-corrected chi connectivity index (χ3v) is 5.24. The van der Waals surface area contributed by atoms with E-state index in [1.54, 1.807) is 13.8 Å². The van der Waals surface area contributed by atoms with Crippen molar-refractivity contribution in [2.45, 2.75) is 18.7 Å². The number of aryl methyl sites for hydroxylation is 1. The lowest BCUT2D eigenvalue weighted by Crippen LogP contribution is -2.15. The molecule has 0 saturated carbocycles. The molecule has 146 valence electrons. The van der Waals surface area contributed by atoms with Gasteiger partial charge in [0.2, 0.25) is 11.8 Å². The normalized spacial score (nSPS) is 11.1. The summed E-state index contributed by atoms with van der Waals surface area (Å²) in [5.41, 5.74) is 1.71. The van der Waals surface area contributed by atoms with Crippen LogP contribution in [0.2, 0.25) is 0 Å². The van der Waals surface area contributed by atoms with Crippen molar-refractivity contribution in [3.8, 4) is 5.88 Å². The molecule has 3 rings (SSSR count). The van der Waals surface area contributed by atoms with Gasteiger partial charge in [-0.15, -0.1) is 0 Å². The second-order valence-electron chi connectivity index (χ2n) is 5.75. The summed E-state index contributed by atoms with van der Waals surface area (Å²) in [5.74, 6) is -0.166. The van der Waals surface area contributed by atoms with E-state index in [1.165, 1.54) is 43.8 Å². The molecule has 11 heteroatoms. The van der Waals surface area contributed by atoms with Gasteiger partial charge in [0.15, 0.2) is 0 Å². The van der Waals surface area contributed by atoms with E-state index in [4.69, 9.17) is 9.26 Å². The van der Waals surface area contributed by atoms with Gasteiger partial charge in [-0.1, -0.05) is 5.16 Å². The summed E-state index contributed by atoms with van der Waals surface area (Å²) in [6.45, 7) is 3.41. The van der Waals surface area contributed by atoms with E-state index >= 15 is 0 Å². The zero-order valence-electron chi connectivity index (χ0n) is 15.3. The summed E-state index contributed by atoms with van der Waals surface area (Å²) >= 11 is 0. The maximum absolute atomic E-state index is 12.5. The number of aromatic nitrogens is 3. The number of nitrogens with zero attached hydrogens (tertiary/aromatic N) is 3. The number of hydrogen-bond acceptors (Lipinski definition) is 8. The van der Waals surface area contributed by atoms with E-state index in [0.29, 0.717) is 16.9 Å². The van der Waals surface area contributed by atoms with Gasteiger partial charge in [0.25, 0.3) is 15.9 Å². The Balaban J connectivity index is 1.73. The average molecular weight is 403 g/mol. The molecular weight excluding hydrogens is 386 g/mol. The number of amides is 1. The minimum atomic E-state index is -3.86. The van der Waals surface area contributed by atoms with Crippen molar-refractivity contribution in [3.63, 3.8) is 0 Å². The fourth-order valence-corrected chi connectivity index (χ4v) is 3.23. The Kier molecular flexibility index (Phi) is 5.27. The van der Waals surface area contributed by atoms with Crippen molar-refractivity contribution in [1.82, 2.24) is 15.1 Å². The first-order valence-electron chi connectivity index (χ1n) is 8.03. The van der Waals surface area contributed by atoms with Crippen LogP contribution in [0.25, 0.3) is 0 Å². The maximum atomic E-state index is 12.5. The highest BCUT2D eigenvalue weighted by atomic mass is 32.2. The van der Waals surface area contributed by atoms with Crippen LogP contribution in [-0.2, 0) is 10.0 Å². The Bertz CT molecular complexity index is 1110. The number of carbonyl (C=O) groups excluding carboxylic acids is 1. The van der Waals surface area contributed by atoms with E-state index in [9.17, 15) is 13.2 Å². The Hall–Kier alpha value is -3.47. The van der Waals surface area contributed by atoms with Crippen molar-refractivity contribution in [3.05, 3.63) is 53.6 Å². The number of carbonyl (C=O) groups is 1. The van der Waals surface area contributed by atoms with Gasteiger partial charge in [-0.2, -0.15) is 0 Å². The summed E-state index contributed by atoms with van der Waals surface area (Å²) in [7, 11) is -2.43. The van der Waals surface area contributed by atoms with Gasteiger partial charge in [-0.3, -0.25) is 4.79 Å². The van der Waals surface area contributed by atoms with E-state index in [0.717, 1.165) is 0 Å². The summed E-state index contributed by atoms with van der Waals surface area (Å²) < 4.78 is 37.2. The van der Waals surface area contributed by atoms with Crippen LogP contribution in [0.1, 0.15) is 21.7 Å². The lowest BCUT2D eigenvalue weighted by Gasteiger charge is -2.08. The van der Waals surface area contributed by atoms with Gasteiger partial charge in [0.05, 0.1) is 17.7 Å². The predicted octanol–water partition coefficient (Wildman–Crippen LogP) is 2.14. The van der Waals surface area contributed by atoms with Gasteiger partial charge in [-0.05, 0) is 38.1 Å². The first-order chi connectivity index (χ1) is 13.3. The molecule has 0 fully saturated rings. The highest BCUT2D eigenvalue weighted by molar-refractivity contribution is 7.92. The van der Waals surface area contributed by atoms with Gasteiger partial charge < -0.3 is 14.6 Å². The number of ether oxygens (including phenoxy) is 1. The standard InChI is InChI=1S/C17H17N5O5S/c1-10-11(2)21-27-17(10)22-28(24,25)13-6-4-12(5-7-13)20-16(23)14-8-15(26-3)19-9-18-14/h4-9,22H,1-3H3,(H,20,23). The molecule has 1 amide bonds. The number of nitrogens with one attached hydrogen (secondary N) is 2. The Morgan fingerprint density at radius 1 is 1.14 bits per heavy atom. The molecule has 1 aromatic carbocycles. The Morgan fingerprint density at radius 2 is 1.86 bits per heavy atom. The fraction of sp³-hybridized carbons (Fsp3) is 0.176. The number of anilines is 2. The van der Waals surface area contributed by atoms with Gasteiger partial charge in [0.1, 0.15) is 12.0 Å². The fourth-order valence-electron chi connectivity index (χ4n) is 2.18. The Morgan fingerprint density at radius 3 is 2.46 bits per heavy atom. The third-order valence-electron chi connectivity index (χ3n) is 3.89. The van der Waals surface area contributed by atoms with Crippen molar-refractivity contribution in [2.75, 3.05) is 17.1 Å². The zero-order chi connectivity index (χ0) is 20.3. The summed E-state index contributed by atoms with van der Waals surface area (Å²) in [6.07, 6.45) is 1.21. The van der Waals surface area contributed by atoms with Crippen LogP contribution in [0.5, 0.6) is 5.88 Å². The smallest absolute Gasteiger partial charge is 0.274 e. The highest BCUT2D eigenvalue weighted by Gasteiger charge is 2.19. The number of hydrogen-bond donors (Lipinski definition) is 2. The van der Waals surface area contributed by atoms with Crippen LogP contribution in [-0.4, -0.2) is 36.6 Å². The number of rotatable bonds is 6. The van der Waals surface area contributed by atoms with Crippen molar-refractivity contribution in [1.29, 1.82) is 0 Å². The van der Waals surface area contributed by atoms with Crippen LogP contribution in [0.15, 0.2) is 46.1 Å². The molecule has 0 saturated heterocycles. The summed E-state index contributed by atoms with van der Waals surface area (Å²) in [6, 6.07) is 7.03. The van der Waals surface area contributed by atoms with E-state index in [-0.39, 0.29) is 22.4 Å². The van der Waals surface area contributed by atoms with E-state index in [2.05, 4.69) is 25.2 Å². The van der Waals surface area contributed by atoms with Gasteiger partial charge >= 0.3 is 0 Å². The first kappa shape index (κ1) is 19.3.